The van der Waals surface area contributed by atoms with E-state index in [2.05, 4.69) is 5.32 Å². The average molecular weight is 333 g/mol. The maximum absolute atomic E-state index is 12.1. The summed E-state index contributed by atoms with van der Waals surface area (Å²) < 4.78 is 0. The fourth-order valence-corrected chi connectivity index (χ4v) is 2.02. The number of benzene rings is 2. The second-order valence-electron chi connectivity index (χ2n) is 4.32. The fraction of sp³-hybridized carbons (Fsp3) is 0. The van der Waals surface area contributed by atoms with Crippen LogP contribution in [0.3, 0.4) is 0 Å². The molecule has 0 atom stereocenters. The van der Waals surface area contributed by atoms with Gasteiger partial charge in [-0.2, -0.15) is 5.26 Å². The Bertz CT molecular complexity index is 778. The van der Waals surface area contributed by atoms with E-state index in [1.54, 1.807) is 30.3 Å². The molecule has 0 fully saturated rings. The first-order valence-corrected chi connectivity index (χ1v) is 6.93. The number of halogens is 2. The highest BCUT2D eigenvalue weighted by Gasteiger charge is 2.12. The van der Waals surface area contributed by atoms with Gasteiger partial charge in [-0.1, -0.05) is 41.4 Å². The lowest BCUT2D eigenvalue weighted by Gasteiger charge is -2.07. The normalized spacial score (nSPS) is 10.9. The Labute approximate surface area is 137 Å². The molecule has 0 saturated heterocycles. The number of nitrogens with one attached hydrogen (secondary N) is 1. The summed E-state index contributed by atoms with van der Waals surface area (Å²) in [5.74, 6) is -0.495. The molecule has 4 nitrogen and oxygen atoms in total. The predicted molar refractivity (Wildman–Crippen MR) is 86.8 cm³/mol. The molecule has 0 spiro atoms. The lowest BCUT2D eigenvalue weighted by molar-refractivity contribution is -0.112. The highest BCUT2D eigenvalue weighted by molar-refractivity contribution is 6.44. The standard InChI is InChI=1S/C16H10Cl2N2O2/c17-13-2-1-3-14(15(13)18)20-16(22)11(9-19)8-10-4-6-12(21)7-5-10/h1-8,21H,(H,20,22). The van der Waals surface area contributed by atoms with Crippen LogP contribution in [0.15, 0.2) is 48.0 Å². The molecule has 0 radical (unpaired) electrons. The van der Waals surface area contributed by atoms with Crippen LogP contribution in [-0.4, -0.2) is 11.0 Å². The topological polar surface area (TPSA) is 73.1 Å². The van der Waals surface area contributed by atoms with E-state index < -0.39 is 5.91 Å². The average Bonchev–Trinajstić information content (AvgIpc) is 2.51. The molecule has 0 aliphatic carbocycles. The maximum Gasteiger partial charge on any atom is 0.266 e. The number of hydrogen-bond donors (Lipinski definition) is 2. The minimum Gasteiger partial charge on any atom is -0.508 e. The van der Waals surface area contributed by atoms with E-state index >= 15 is 0 Å². The van der Waals surface area contributed by atoms with Crippen LogP contribution in [0.1, 0.15) is 5.56 Å². The Morgan fingerprint density at radius 3 is 2.50 bits per heavy atom. The number of nitriles is 1. The summed E-state index contributed by atoms with van der Waals surface area (Å²) in [5, 5.41) is 21.4. The third-order valence-corrected chi connectivity index (χ3v) is 3.59. The van der Waals surface area contributed by atoms with Gasteiger partial charge in [-0.25, -0.2) is 0 Å². The van der Waals surface area contributed by atoms with E-state index in [1.807, 2.05) is 6.07 Å². The van der Waals surface area contributed by atoms with Crippen LogP contribution in [-0.2, 0) is 4.79 Å². The second-order valence-corrected chi connectivity index (χ2v) is 5.10. The first kappa shape index (κ1) is 15.9. The molecule has 0 unspecified atom stereocenters. The van der Waals surface area contributed by atoms with E-state index in [9.17, 15) is 9.90 Å². The third kappa shape index (κ3) is 3.79. The van der Waals surface area contributed by atoms with Crippen molar-refractivity contribution in [2.45, 2.75) is 0 Å². The molecular weight excluding hydrogens is 323 g/mol. The molecule has 2 aromatic rings. The minimum absolute atomic E-state index is 0.0956. The molecule has 0 aliphatic rings. The van der Waals surface area contributed by atoms with E-state index in [-0.39, 0.29) is 16.3 Å². The van der Waals surface area contributed by atoms with Crippen molar-refractivity contribution in [3.05, 3.63) is 63.6 Å². The van der Waals surface area contributed by atoms with Crippen LogP contribution >= 0.6 is 23.2 Å². The molecule has 2 rings (SSSR count). The van der Waals surface area contributed by atoms with Crippen molar-refractivity contribution in [3.63, 3.8) is 0 Å². The Kier molecular flexibility index (Phi) is 5.05. The van der Waals surface area contributed by atoms with Gasteiger partial charge in [0.1, 0.15) is 17.4 Å². The fourth-order valence-electron chi connectivity index (χ4n) is 1.68. The molecule has 0 heterocycles. The number of anilines is 1. The van der Waals surface area contributed by atoms with Crippen molar-refractivity contribution in [2.24, 2.45) is 0 Å². The smallest absolute Gasteiger partial charge is 0.266 e. The van der Waals surface area contributed by atoms with Gasteiger partial charge in [0.15, 0.2) is 0 Å². The van der Waals surface area contributed by atoms with Crippen molar-refractivity contribution < 1.29 is 9.90 Å². The summed E-state index contributed by atoms with van der Waals surface area (Å²) in [6.45, 7) is 0. The monoisotopic (exact) mass is 332 g/mol. The highest BCUT2D eigenvalue weighted by atomic mass is 35.5. The number of carbonyl (C=O) groups excluding carboxylic acids is 1. The molecule has 6 heteroatoms. The summed E-state index contributed by atoms with van der Waals surface area (Å²) in [7, 11) is 0. The zero-order chi connectivity index (χ0) is 16.1. The molecule has 0 bridgehead atoms. The predicted octanol–water partition coefficient (Wildman–Crippen LogP) is 4.24. The Morgan fingerprint density at radius 1 is 1.18 bits per heavy atom. The molecule has 22 heavy (non-hydrogen) atoms. The van der Waals surface area contributed by atoms with Gasteiger partial charge >= 0.3 is 0 Å². The van der Waals surface area contributed by atoms with Gasteiger partial charge < -0.3 is 10.4 Å². The lowest BCUT2D eigenvalue weighted by atomic mass is 10.1. The van der Waals surface area contributed by atoms with E-state index in [0.717, 1.165) is 0 Å². The summed E-state index contributed by atoms with van der Waals surface area (Å²) in [4.78, 5) is 12.1. The number of rotatable bonds is 3. The van der Waals surface area contributed by atoms with Crippen molar-refractivity contribution in [2.75, 3.05) is 5.32 Å². The number of carbonyl (C=O) groups is 1. The zero-order valence-electron chi connectivity index (χ0n) is 11.2. The quantitative estimate of drug-likeness (QED) is 0.652. The minimum atomic E-state index is -0.597. The van der Waals surface area contributed by atoms with Crippen LogP contribution in [0.5, 0.6) is 5.75 Å². The summed E-state index contributed by atoms with van der Waals surface area (Å²) in [5.41, 5.74) is 0.842. The van der Waals surface area contributed by atoms with Gasteiger partial charge in [0.25, 0.3) is 5.91 Å². The molecule has 110 valence electrons. The van der Waals surface area contributed by atoms with Crippen LogP contribution in [0.25, 0.3) is 6.08 Å². The first-order chi connectivity index (χ1) is 10.5. The number of phenols is 1. The van der Waals surface area contributed by atoms with Crippen LogP contribution in [0.4, 0.5) is 5.69 Å². The van der Waals surface area contributed by atoms with Gasteiger partial charge in [-0.05, 0) is 35.9 Å². The van der Waals surface area contributed by atoms with E-state index in [4.69, 9.17) is 28.5 Å². The van der Waals surface area contributed by atoms with Crippen LogP contribution < -0.4 is 5.32 Å². The van der Waals surface area contributed by atoms with E-state index in [0.29, 0.717) is 16.3 Å². The van der Waals surface area contributed by atoms with Gasteiger partial charge in [0.2, 0.25) is 0 Å². The van der Waals surface area contributed by atoms with Crippen LogP contribution in [0.2, 0.25) is 10.0 Å². The third-order valence-electron chi connectivity index (χ3n) is 2.77. The largest absolute Gasteiger partial charge is 0.508 e. The summed E-state index contributed by atoms with van der Waals surface area (Å²) in [6.07, 6.45) is 1.41. The van der Waals surface area contributed by atoms with Crippen molar-refractivity contribution in [3.8, 4) is 11.8 Å². The number of aromatic hydroxyl groups is 1. The SMILES string of the molecule is N#CC(=Cc1ccc(O)cc1)C(=O)Nc1cccc(Cl)c1Cl. The van der Waals surface area contributed by atoms with Gasteiger partial charge in [0.05, 0.1) is 15.7 Å². The maximum atomic E-state index is 12.1. The number of nitrogens with zero attached hydrogens (tertiary/aromatic N) is 1. The summed E-state index contributed by atoms with van der Waals surface area (Å²) in [6, 6.07) is 12.8. The lowest BCUT2D eigenvalue weighted by Crippen LogP contribution is -2.13. The van der Waals surface area contributed by atoms with Crippen molar-refractivity contribution >= 4 is 40.9 Å². The van der Waals surface area contributed by atoms with Crippen LogP contribution in [0, 0.1) is 11.3 Å². The molecule has 1 amide bonds. The first-order valence-electron chi connectivity index (χ1n) is 6.17. The van der Waals surface area contributed by atoms with Crippen molar-refractivity contribution in [1.82, 2.24) is 0 Å². The van der Waals surface area contributed by atoms with Gasteiger partial charge in [-0.15, -0.1) is 0 Å². The molecule has 0 aliphatic heterocycles. The Balaban J connectivity index is 2.24. The van der Waals surface area contributed by atoms with E-state index in [1.165, 1.54) is 18.2 Å². The van der Waals surface area contributed by atoms with Gasteiger partial charge in [-0.3, -0.25) is 4.79 Å². The Morgan fingerprint density at radius 2 is 1.86 bits per heavy atom. The number of amides is 1. The summed E-state index contributed by atoms with van der Waals surface area (Å²) >= 11 is 11.9. The molecular formula is C16H10Cl2N2O2. The van der Waals surface area contributed by atoms with Crippen molar-refractivity contribution in [1.29, 1.82) is 5.26 Å². The number of phenolic OH excluding ortho intramolecular Hbond substituents is 1. The Hall–Kier alpha value is -2.48. The molecule has 2 aromatic carbocycles. The molecule has 2 N–H and O–H groups in total. The molecule has 0 aromatic heterocycles. The highest BCUT2D eigenvalue weighted by Crippen LogP contribution is 2.29. The zero-order valence-corrected chi connectivity index (χ0v) is 12.7. The second kappa shape index (κ2) is 6.99. The molecule has 0 saturated carbocycles. The van der Waals surface area contributed by atoms with Gasteiger partial charge in [0, 0.05) is 0 Å². The number of hydrogen-bond acceptors (Lipinski definition) is 3.